The SMILES string of the molecule is CSc1nc(N)nc(N(c2cccc(C(F)(F)F)c2)[C@H](CCCCN)C(N)=O)c1C#N. The number of hydrogen-bond donors (Lipinski definition) is 3. The Bertz CT molecular complexity index is 978. The molecule has 0 aliphatic carbocycles. The van der Waals surface area contributed by atoms with Crippen molar-refractivity contribution >= 4 is 35.1 Å². The lowest BCUT2D eigenvalue weighted by atomic mass is 10.0. The molecule has 0 saturated carbocycles. The second-order valence-corrected chi connectivity index (χ2v) is 7.32. The molecule has 0 aliphatic heterocycles. The van der Waals surface area contributed by atoms with Crippen LogP contribution in [0.5, 0.6) is 0 Å². The maximum atomic E-state index is 13.3. The van der Waals surface area contributed by atoms with Crippen LogP contribution >= 0.6 is 11.8 Å². The molecule has 2 aromatic rings. The van der Waals surface area contributed by atoms with E-state index in [1.54, 1.807) is 6.26 Å². The van der Waals surface area contributed by atoms with Crippen molar-refractivity contribution < 1.29 is 18.0 Å². The van der Waals surface area contributed by atoms with Gasteiger partial charge in [-0.2, -0.15) is 23.4 Å². The van der Waals surface area contributed by atoms with Gasteiger partial charge in [-0.05, 0) is 50.3 Å². The van der Waals surface area contributed by atoms with Gasteiger partial charge in [-0.3, -0.25) is 4.79 Å². The van der Waals surface area contributed by atoms with E-state index < -0.39 is 23.7 Å². The van der Waals surface area contributed by atoms with Crippen molar-refractivity contribution in [3.63, 3.8) is 0 Å². The Morgan fingerprint density at radius 3 is 2.58 bits per heavy atom. The molecule has 1 heterocycles. The summed E-state index contributed by atoms with van der Waals surface area (Å²) in [5, 5.41) is 9.94. The molecule has 31 heavy (non-hydrogen) atoms. The van der Waals surface area contributed by atoms with Crippen LogP contribution in [0.1, 0.15) is 30.4 Å². The molecule has 2 rings (SSSR count). The molecule has 0 spiro atoms. The van der Waals surface area contributed by atoms with Crippen molar-refractivity contribution in [2.24, 2.45) is 11.5 Å². The summed E-state index contributed by atoms with van der Waals surface area (Å²) in [6.45, 7) is 0.371. The number of halogens is 3. The van der Waals surface area contributed by atoms with Gasteiger partial charge in [-0.1, -0.05) is 6.07 Å². The normalized spacial score (nSPS) is 12.3. The Morgan fingerprint density at radius 1 is 1.32 bits per heavy atom. The first kappa shape index (κ1) is 24.2. The van der Waals surface area contributed by atoms with E-state index in [0.717, 1.165) is 23.9 Å². The number of anilines is 3. The van der Waals surface area contributed by atoms with Crippen LogP contribution in [0.4, 0.5) is 30.6 Å². The van der Waals surface area contributed by atoms with E-state index in [4.69, 9.17) is 17.2 Å². The van der Waals surface area contributed by atoms with Crippen molar-refractivity contribution in [3.8, 4) is 6.07 Å². The second-order valence-electron chi connectivity index (χ2n) is 6.52. The summed E-state index contributed by atoms with van der Waals surface area (Å²) in [6, 6.07) is 5.23. The van der Waals surface area contributed by atoms with E-state index in [9.17, 15) is 23.2 Å². The van der Waals surface area contributed by atoms with Gasteiger partial charge in [0.1, 0.15) is 22.7 Å². The van der Waals surface area contributed by atoms with Crippen molar-refractivity contribution in [2.45, 2.75) is 36.5 Å². The molecule has 8 nitrogen and oxygen atoms in total. The van der Waals surface area contributed by atoms with E-state index >= 15 is 0 Å². The molecule has 1 amide bonds. The zero-order chi connectivity index (χ0) is 23.2. The van der Waals surface area contributed by atoms with Crippen molar-refractivity contribution in [1.82, 2.24) is 9.97 Å². The van der Waals surface area contributed by atoms with E-state index in [1.165, 1.54) is 17.0 Å². The number of rotatable bonds is 9. The molecule has 1 aromatic carbocycles. The number of carbonyl (C=O) groups excluding carboxylic acids is 1. The average Bonchev–Trinajstić information content (AvgIpc) is 2.72. The van der Waals surface area contributed by atoms with Gasteiger partial charge in [-0.25, -0.2) is 4.98 Å². The summed E-state index contributed by atoms with van der Waals surface area (Å²) in [5.74, 6) is -1.07. The highest BCUT2D eigenvalue weighted by atomic mass is 32.2. The summed E-state index contributed by atoms with van der Waals surface area (Å²) >= 11 is 1.12. The number of alkyl halides is 3. The lowest BCUT2D eigenvalue weighted by molar-refractivity contribution is -0.137. The zero-order valence-electron chi connectivity index (χ0n) is 16.7. The molecule has 1 aromatic heterocycles. The molecule has 166 valence electrons. The van der Waals surface area contributed by atoms with Crippen LogP contribution in [-0.2, 0) is 11.0 Å². The fourth-order valence-corrected chi connectivity index (χ4v) is 3.55. The highest BCUT2D eigenvalue weighted by Crippen LogP contribution is 2.37. The van der Waals surface area contributed by atoms with Crippen molar-refractivity contribution in [2.75, 3.05) is 23.4 Å². The third-order valence-electron chi connectivity index (χ3n) is 4.43. The summed E-state index contributed by atoms with van der Waals surface area (Å²) < 4.78 is 40.0. The minimum absolute atomic E-state index is 0.00646. The fraction of sp³-hybridized carbons (Fsp3) is 0.368. The minimum atomic E-state index is -4.61. The number of nitrogens with zero attached hydrogens (tertiary/aromatic N) is 4. The average molecular weight is 453 g/mol. The molecule has 12 heteroatoms. The molecular formula is C19H22F3N7OS. The number of nitrogens with two attached hydrogens (primary N) is 3. The Labute approximate surface area is 181 Å². The number of carbonyl (C=O) groups is 1. The van der Waals surface area contributed by atoms with Crippen LogP contribution in [0.25, 0.3) is 0 Å². The molecule has 0 radical (unpaired) electrons. The molecular weight excluding hydrogens is 431 g/mol. The van der Waals surface area contributed by atoms with Crippen LogP contribution in [0.3, 0.4) is 0 Å². The number of thioether (sulfide) groups is 1. The zero-order valence-corrected chi connectivity index (χ0v) is 17.5. The first-order valence-electron chi connectivity index (χ1n) is 9.21. The second kappa shape index (κ2) is 10.3. The first-order chi connectivity index (χ1) is 14.6. The van der Waals surface area contributed by atoms with E-state index in [2.05, 4.69) is 9.97 Å². The van der Waals surface area contributed by atoms with Gasteiger partial charge in [0.05, 0.1) is 5.56 Å². The van der Waals surface area contributed by atoms with Gasteiger partial charge in [-0.15, -0.1) is 11.8 Å². The Balaban J connectivity index is 2.77. The van der Waals surface area contributed by atoms with E-state index in [-0.39, 0.29) is 34.5 Å². The van der Waals surface area contributed by atoms with Crippen LogP contribution in [0.2, 0.25) is 0 Å². The molecule has 0 fully saturated rings. The largest absolute Gasteiger partial charge is 0.416 e. The summed E-state index contributed by atoms with van der Waals surface area (Å²) in [6.07, 6.45) is -1.71. The number of primary amides is 1. The highest BCUT2D eigenvalue weighted by molar-refractivity contribution is 7.98. The third-order valence-corrected chi connectivity index (χ3v) is 5.11. The smallest absolute Gasteiger partial charge is 0.368 e. The van der Waals surface area contributed by atoms with Crippen LogP contribution in [-0.4, -0.2) is 34.7 Å². The van der Waals surface area contributed by atoms with E-state index in [0.29, 0.717) is 19.4 Å². The van der Waals surface area contributed by atoms with Crippen LogP contribution in [0, 0.1) is 11.3 Å². The molecule has 0 saturated heterocycles. The molecule has 0 aliphatic rings. The van der Waals surface area contributed by atoms with Gasteiger partial charge in [0, 0.05) is 5.69 Å². The summed E-state index contributed by atoms with van der Waals surface area (Å²) in [4.78, 5) is 21.7. The molecule has 1 atom stereocenters. The maximum Gasteiger partial charge on any atom is 0.416 e. The highest BCUT2D eigenvalue weighted by Gasteiger charge is 2.34. The molecule has 0 unspecified atom stereocenters. The minimum Gasteiger partial charge on any atom is -0.368 e. The Kier molecular flexibility index (Phi) is 8.07. The maximum absolute atomic E-state index is 13.3. The van der Waals surface area contributed by atoms with Gasteiger partial charge in [0.2, 0.25) is 11.9 Å². The van der Waals surface area contributed by atoms with Gasteiger partial charge in [0.25, 0.3) is 0 Å². The van der Waals surface area contributed by atoms with Gasteiger partial charge in [0.15, 0.2) is 5.82 Å². The lowest BCUT2D eigenvalue weighted by Crippen LogP contribution is -2.43. The summed E-state index contributed by atoms with van der Waals surface area (Å²) in [7, 11) is 0. The number of aromatic nitrogens is 2. The summed E-state index contributed by atoms with van der Waals surface area (Å²) in [5.41, 5.74) is 16.0. The van der Waals surface area contributed by atoms with Gasteiger partial charge >= 0.3 is 6.18 Å². The fourth-order valence-electron chi connectivity index (χ4n) is 3.03. The third kappa shape index (κ3) is 5.77. The Hall–Kier alpha value is -3.04. The number of benzene rings is 1. The monoisotopic (exact) mass is 453 g/mol. The standard InChI is InChI=1S/C19H22F3N7OS/c1-31-17-13(10-24)16(27-18(26)28-17)29(14(15(25)30)7-2-3-8-23)12-6-4-5-11(9-12)19(20,21)22/h4-6,9,14H,2-3,7-8,23H2,1H3,(H2,25,30)(H2,26,27,28)/t14-/m1/s1. The van der Waals surface area contributed by atoms with Crippen LogP contribution < -0.4 is 22.1 Å². The molecule has 6 N–H and O–H groups in total. The van der Waals surface area contributed by atoms with Crippen molar-refractivity contribution in [3.05, 3.63) is 35.4 Å². The molecule has 0 bridgehead atoms. The van der Waals surface area contributed by atoms with Gasteiger partial charge < -0.3 is 22.1 Å². The quantitative estimate of drug-likeness (QED) is 0.298. The number of amides is 1. The van der Waals surface area contributed by atoms with E-state index in [1.807, 2.05) is 6.07 Å². The predicted octanol–water partition coefficient (Wildman–Crippen LogP) is 2.79. The number of nitrogen functional groups attached to an aromatic ring is 1. The lowest BCUT2D eigenvalue weighted by Gasteiger charge is -2.32. The first-order valence-corrected chi connectivity index (χ1v) is 10.4. The van der Waals surface area contributed by atoms with Crippen LogP contribution in [0.15, 0.2) is 29.3 Å². The number of nitriles is 1. The number of unbranched alkanes of at least 4 members (excludes halogenated alkanes) is 1. The predicted molar refractivity (Wildman–Crippen MR) is 112 cm³/mol. The topological polar surface area (TPSA) is 148 Å². The number of hydrogen-bond acceptors (Lipinski definition) is 8. The Morgan fingerprint density at radius 2 is 2.03 bits per heavy atom. The van der Waals surface area contributed by atoms with Crippen molar-refractivity contribution in [1.29, 1.82) is 5.26 Å².